The molecule has 1 N–H and O–H groups in total. The van der Waals surface area contributed by atoms with Gasteiger partial charge < -0.3 is 14.8 Å². The third-order valence-electron chi connectivity index (χ3n) is 4.02. The molecule has 3 aromatic carbocycles. The molecule has 0 saturated carbocycles. The van der Waals surface area contributed by atoms with Crippen LogP contribution in [0.15, 0.2) is 66.7 Å². The van der Waals surface area contributed by atoms with Crippen molar-refractivity contribution >= 4 is 17.3 Å². The van der Waals surface area contributed by atoms with Crippen molar-refractivity contribution in [3.8, 4) is 17.2 Å². The van der Waals surface area contributed by atoms with Crippen molar-refractivity contribution in [3.63, 3.8) is 0 Å². The van der Waals surface area contributed by atoms with Gasteiger partial charge in [-0.25, -0.2) is 0 Å². The van der Waals surface area contributed by atoms with Gasteiger partial charge in [0, 0.05) is 11.6 Å². The summed E-state index contributed by atoms with van der Waals surface area (Å²) in [5.41, 5.74) is 1.42. The number of anilines is 1. The Kier molecular flexibility index (Phi) is 5.55. The Morgan fingerprint density at radius 1 is 1.00 bits per heavy atom. The summed E-state index contributed by atoms with van der Waals surface area (Å²) < 4.78 is 10.8. The molecular weight excluding hydrogens is 360 g/mol. The third kappa shape index (κ3) is 4.27. The largest absolute Gasteiger partial charge is 0.490 e. The lowest BCUT2D eigenvalue weighted by atomic mass is 10.1. The maximum atomic E-state index is 12.6. The highest BCUT2D eigenvalue weighted by Crippen LogP contribution is 2.31. The second-order valence-electron chi connectivity index (χ2n) is 6.01. The fourth-order valence-electron chi connectivity index (χ4n) is 2.56. The molecule has 0 radical (unpaired) electrons. The zero-order valence-corrected chi connectivity index (χ0v) is 15.3. The van der Waals surface area contributed by atoms with Crippen LogP contribution in [0.1, 0.15) is 15.9 Å². The van der Waals surface area contributed by atoms with Crippen molar-refractivity contribution in [2.24, 2.45) is 0 Å². The number of nitro groups is 1. The number of nitrogens with one attached hydrogen (secondary N) is 1. The van der Waals surface area contributed by atoms with Gasteiger partial charge in [-0.05, 0) is 43.3 Å². The van der Waals surface area contributed by atoms with Crippen molar-refractivity contribution in [2.45, 2.75) is 6.92 Å². The number of aryl methyl sites for hydroxylation is 1. The van der Waals surface area contributed by atoms with Crippen LogP contribution in [0.3, 0.4) is 0 Å². The average Bonchev–Trinajstić information content (AvgIpc) is 2.70. The highest BCUT2D eigenvalue weighted by Gasteiger charge is 2.19. The zero-order chi connectivity index (χ0) is 20.1. The van der Waals surface area contributed by atoms with E-state index in [1.54, 1.807) is 24.3 Å². The molecule has 0 aliphatic carbocycles. The lowest BCUT2D eigenvalue weighted by Gasteiger charge is -2.12. The van der Waals surface area contributed by atoms with Crippen LogP contribution in [-0.2, 0) is 0 Å². The Bertz CT molecular complexity index is 1020. The molecule has 0 atom stereocenters. The number of benzene rings is 3. The number of methoxy groups -OCH3 is 1. The predicted octanol–water partition coefficient (Wildman–Crippen LogP) is 4.96. The number of para-hydroxylation sites is 2. The summed E-state index contributed by atoms with van der Waals surface area (Å²) in [6, 6.07) is 18.5. The minimum absolute atomic E-state index is 0.0876. The monoisotopic (exact) mass is 378 g/mol. The van der Waals surface area contributed by atoms with Crippen molar-refractivity contribution in [2.75, 3.05) is 12.4 Å². The van der Waals surface area contributed by atoms with Crippen molar-refractivity contribution < 1.29 is 19.2 Å². The van der Waals surface area contributed by atoms with Gasteiger partial charge in [0.1, 0.15) is 5.75 Å². The number of carbonyl (C=O) groups excluding carboxylic acids is 1. The molecule has 0 aromatic heterocycles. The van der Waals surface area contributed by atoms with E-state index in [4.69, 9.17) is 9.47 Å². The van der Waals surface area contributed by atoms with E-state index in [1.165, 1.54) is 25.3 Å². The molecule has 3 aromatic rings. The number of amides is 1. The molecular formula is C21H18N2O5. The molecule has 0 fully saturated rings. The lowest BCUT2D eigenvalue weighted by molar-refractivity contribution is -0.385. The van der Waals surface area contributed by atoms with E-state index < -0.39 is 10.8 Å². The van der Waals surface area contributed by atoms with Gasteiger partial charge in [0.2, 0.25) is 0 Å². The number of nitrogens with zero attached hydrogens (tertiary/aromatic N) is 1. The first kappa shape index (κ1) is 18.9. The topological polar surface area (TPSA) is 90.7 Å². The molecule has 7 heteroatoms. The summed E-state index contributed by atoms with van der Waals surface area (Å²) >= 11 is 0. The van der Waals surface area contributed by atoms with Crippen molar-refractivity contribution in [3.05, 3.63) is 88.0 Å². The Morgan fingerprint density at radius 3 is 2.39 bits per heavy atom. The first-order chi connectivity index (χ1) is 13.5. The molecule has 0 saturated heterocycles. The molecule has 1 amide bonds. The van der Waals surface area contributed by atoms with Gasteiger partial charge in [0.05, 0.1) is 17.7 Å². The highest BCUT2D eigenvalue weighted by molar-refractivity contribution is 6.05. The first-order valence-corrected chi connectivity index (χ1v) is 8.45. The maximum absolute atomic E-state index is 12.6. The Labute approximate surface area is 161 Å². The van der Waals surface area contributed by atoms with Crippen LogP contribution in [0, 0.1) is 17.0 Å². The van der Waals surface area contributed by atoms with E-state index in [1.807, 2.05) is 31.2 Å². The van der Waals surface area contributed by atoms with Crippen LogP contribution in [0.2, 0.25) is 0 Å². The normalized spacial score (nSPS) is 10.2. The minimum Gasteiger partial charge on any atom is -0.490 e. The van der Waals surface area contributed by atoms with Crippen molar-refractivity contribution in [1.82, 2.24) is 0 Å². The first-order valence-electron chi connectivity index (χ1n) is 8.45. The van der Waals surface area contributed by atoms with E-state index in [-0.39, 0.29) is 17.0 Å². The predicted molar refractivity (Wildman–Crippen MR) is 105 cm³/mol. The molecule has 0 spiro atoms. The van der Waals surface area contributed by atoms with Crippen LogP contribution in [0.4, 0.5) is 11.4 Å². The molecule has 3 rings (SSSR count). The second-order valence-corrected chi connectivity index (χ2v) is 6.01. The third-order valence-corrected chi connectivity index (χ3v) is 4.02. The number of hydrogen-bond acceptors (Lipinski definition) is 5. The van der Waals surface area contributed by atoms with Crippen LogP contribution in [-0.4, -0.2) is 17.9 Å². The molecule has 0 unspecified atom stereocenters. The second kappa shape index (κ2) is 8.22. The standard InChI is InChI=1S/C21H18N2O5/c1-14-7-10-16(11-8-14)28-19-6-4-3-5-17(19)22-21(24)15-9-12-20(27-2)18(13-15)23(25)26/h3-13H,1-2H3,(H,22,24). The fraction of sp³-hybridized carbons (Fsp3) is 0.0952. The molecule has 0 aliphatic heterocycles. The molecule has 28 heavy (non-hydrogen) atoms. The zero-order valence-electron chi connectivity index (χ0n) is 15.3. The number of ether oxygens (including phenoxy) is 2. The van der Waals surface area contributed by atoms with Crippen LogP contribution in [0.5, 0.6) is 17.2 Å². The summed E-state index contributed by atoms with van der Waals surface area (Å²) in [5, 5.41) is 13.9. The van der Waals surface area contributed by atoms with E-state index in [9.17, 15) is 14.9 Å². The van der Waals surface area contributed by atoms with Crippen LogP contribution >= 0.6 is 0 Å². The van der Waals surface area contributed by atoms with Gasteiger partial charge in [0.15, 0.2) is 11.5 Å². The van der Waals surface area contributed by atoms with E-state index >= 15 is 0 Å². The number of nitro benzene ring substituents is 1. The van der Waals surface area contributed by atoms with Crippen LogP contribution < -0.4 is 14.8 Å². The van der Waals surface area contributed by atoms with E-state index in [0.717, 1.165) is 5.56 Å². The van der Waals surface area contributed by atoms with Gasteiger partial charge in [-0.2, -0.15) is 0 Å². The lowest BCUT2D eigenvalue weighted by Crippen LogP contribution is -2.13. The minimum atomic E-state index is -0.593. The van der Waals surface area contributed by atoms with Gasteiger partial charge in [-0.15, -0.1) is 0 Å². The van der Waals surface area contributed by atoms with Crippen molar-refractivity contribution in [1.29, 1.82) is 0 Å². The smallest absolute Gasteiger partial charge is 0.311 e. The quantitative estimate of drug-likeness (QED) is 0.484. The van der Waals surface area contributed by atoms with Gasteiger partial charge in [-0.1, -0.05) is 29.8 Å². The van der Waals surface area contributed by atoms with Gasteiger partial charge in [0.25, 0.3) is 5.91 Å². The summed E-state index contributed by atoms with van der Waals surface area (Å²) in [6.07, 6.45) is 0. The molecule has 0 aliphatic rings. The Balaban J connectivity index is 1.84. The SMILES string of the molecule is COc1ccc(C(=O)Nc2ccccc2Oc2ccc(C)cc2)cc1[N+](=O)[O-]. The summed E-state index contributed by atoms with van der Waals surface area (Å²) in [6.45, 7) is 1.98. The number of hydrogen-bond donors (Lipinski definition) is 1. The molecule has 142 valence electrons. The summed E-state index contributed by atoms with van der Waals surface area (Å²) in [4.78, 5) is 23.2. The average molecular weight is 378 g/mol. The van der Waals surface area contributed by atoms with Crippen LogP contribution in [0.25, 0.3) is 0 Å². The molecule has 7 nitrogen and oxygen atoms in total. The Hall–Kier alpha value is -3.87. The fourth-order valence-corrected chi connectivity index (χ4v) is 2.56. The highest BCUT2D eigenvalue weighted by atomic mass is 16.6. The number of rotatable bonds is 6. The summed E-state index contributed by atoms with van der Waals surface area (Å²) in [7, 11) is 1.33. The summed E-state index contributed by atoms with van der Waals surface area (Å²) in [5.74, 6) is 0.686. The van der Waals surface area contributed by atoms with E-state index in [2.05, 4.69) is 5.32 Å². The van der Waals surface area contributed by atoms with E-state index in [0.29, 0.717) is 17.2 Å². The molecule has 0 heterocycles. The number of carbonyl (C=O) groups is 1. The van der Waals surface area contributed by atoms with Gasteiger partial charge in [-0.3, -0.25) is 14.9 Å². The maximum Gasteiger partial charge on any atom is 0.311 e. The van der Waals surface area contributed by atoms with Gasteiger partial charge >= 0.3 is 5.69 Å². The molecule has 0 bridgehead atoms. The Morgan fingerprint density at radius 2 is 1.71 bits per heavy atom.